The highest BCUT2D eigenvalue weighted by molar-refractivity contribution is 7.09. The summed E-state index contributed by atoms with van der Waals surface area (Å²) in [5, 5.41) is 4.02. The smallest absolute Gasteiger partial charge is 0.256 e. The molecule has 2 aromatic heterocycles. The fourth-order valence-electron chi connectivity index (χ4n) is 3.29. The Bertz CT molecular complexity index is 899. The minimum Gasteiger partial charge on any atom is -0.377 e. The maximum atomic E-state index is 13.3. The first-order valence-electron chi connectivity index (χ1n) is 8.00. The summed E-state index contributed by atoms with van der Waals surface area (Å²) >= 11 is 1.61. The molecule has 1 atom stereocenters. The second kappa shape index (κ2) is 6.03. The van der Waals surface area contributed by atoms with Crippen LogP contribution >= 0.6 is 11.3 Å². The summed E-state index contributed by atoms with van der Waals surface area (Å²) in [5.74, 6) is 0.0470. The molecule has 0 bridgehead atoms. The van der Waals surface area contributed by atoms with Gasteiger partial charge in [0, 0.05) is 36.1 Å². The monoisotopic (exact) mass is 341 g/mol. The molecule has 1 aliphatic heterocycles. The molecule has 1 amide bonds. The first kappa shape index (κ1) is 15.4. The van der Waals surface area contributed by atoms with Gasteiger partial charge in [-0.2, -0.15) is 0 Å². The number of hydrogen-bond acceptors (Lipinski definition) is 4. The lowest BCUT2D eigenvalue weighted by molar-refractivity contribution is -0.00366. The third-order valence-corrected chi connectivity index (χ3v) is 5.29. The summed E-state index contributed by atoms with van der Waals surface area (Å²) in [6.45, 7) is 3.63. The van der Waals surface area contributed by atoms with Crippen molar-refractivity contribution >= 4 is 28.1 Å². The van der Waals surface area contributed by atoms with Crippen molar-refractivity contribution in [1.29, 1.82) is 0 Å². The van der Waals surface area contributed by atoms with E-state index < -0.39 is 0 Å². The van der Waals surface area contributed by atoms with E-state index in [-0.39, 0.29) is 11.9 Å². The van der Waals surface area contributed by atoms with E-state index in [4.69, 9.17) is 4.74 Å². The maximum Gasteiger partial charge on any atom is 0.256 e. The van der Waals surface area contributed by atoms with Gasteiger partial charge in [-0.15, -0.1) is 11.3 Å². The molecule has 0 spiro atoms. The standard InChI is InChI=1S/C18H19N3O2S/c1-12-19-15(11-24-12)17-10-23-8-7-21(17)18(22)14-9-20(2)16-6-4-3-5-13(14)16/h3-6,9,11,17H,7-8,10H2,1-2H3. The van der Waals surface area contributed by atoms with E-state index in [2.05, 4.69) is 4.98 Å². The lowest BCUT2D eigenvalue weighted by Gasteiger charge is -2.34. The molecule has 0 saturated carbocycles. The van der Waals surface area contributed by atoms with Gasteiger partial charge in [-0.3, -0.25) is 4.79 Å². The van der Waals surface area contributed by atoms with Crippen LogP contribution in [0, 0.1) is 6.92 Å². The number of thiazole rings is 1. The Morgan fingerprint density at radius 1 is 1.38 bits per heavy atom. The van der Waals surface area contributed by atoms with Crippen molar-refractivity contribution in [3.05, 3.63) is 52.1 Å². The lowest BCUT2D eigenvalue weighted by atomic mass is 10.1. The van der Waals surface area contributed by atoms with Crippen LogP contribution in [-0.4, -0.2) is 40.1 Å². The summed E-state index contributed by atoms with van der Waals surface area (Å²) in [7, 11) is 1.97. The Morgan fingerprint density at radius 3 is 3.00 bits per heavy atom. The SMILES string of the molecule is Cc1nc(C2COCCN2C(=O)c2cn(C)c3ccccc23)cs1. The molecular weight excluding hydrogens is 322 g/mol. The van der Waals surface area contributed by atoms with Gasteiger partial charge in [-0.25, -0.2) is 4.98 Å². The molecule has 0 radical (unpaired) electrons. The van der Waals surface area contributed by atoms with Crippen molar-refractivity contribution < 1.29 is 9.53 Å². The van der Waals surface area contributed by atoms with Gasteiger partial charge in [0.05, 0.1) is 35.5 Å². The summed E-state index contributed by atoms with van der Waals surface area (Å²) in [6.07, 6.45) is 1.92. The number of fused-ring (bicyclic) bond motifs is 1. The molecule has 1 fully saturated rings. The van der Waals surface area contributed by atoms with Crippen molar-refractivity contribution in [1.82, 2.24) is 14.5 Å². The second-order valence-corrected chi connectivity index (χ2v) is 7.11. The molecule has 24 heavy (non-hydrogen) atoms. The fourth-order valence-corrected chi connectivity index (χ4v) is 3.95. The van der Waals surface area contributed by atoms with Crippen molar-refractivity contribution in [3.8, 4) is 0 Å². The number of carbonyl (C=O) groups is 1. The predicted molar refractivity (Wildman–Crippen MR) is 94.4 cm³/mol. The minimum absolute atomic E-state index is 0.0470. The van der Waals surface area contributed by atoms with E-state index in [0.717, 1.165) is 27.2 Å². The Morgan fingerprint density at radius 2 is 2.21 bits per heavy atom. The molecular formula is C18H19N3O2S. The molecule has 4 rings (SSSR count). The van der Waals surface area contributed by atoms with Gasteiger partial charge in [0.25, 0.3) is 5.91 Å². The normalized spacial score (nSPS) is 18.2. The van der Waals surface area contributed by atoms with E-state index in [9.17, 15) is 4.79 Å². The van der Waals surface area contributed by atoms with Crippen molar-refractivity contribution in [2.45, 2.75) is 13.0 Å². The predicted octanol–water partition coefficient (Wildman–Crippen LogP) is 3.16. The molecule has 6 heteroatoms. The zero-order chi connectivity index (χ0) is 16.7. The largest absolute Gasteiger partial charge is 0.377 e. The second-order valence-electron chi connectivity index (χ2n) is 6.05. The molecule has 1 unspecified atom stereocenters. The number of amides is 1. The van der Waals surface area contributed by atoms with E-state index in [1.165, 1.54) is 0 Å². The number of morpholine rings is 1. The van der Waals surface area contributed by atoms with E-state index in [1.54, 1.807) is 11.3 Å². The van der Waals surface area contributed by atoms with Crippen LogP contribution in [0.3, 0.4) is 0 Å². The Kier molecular flexibility index (Phi) is 3.86. The number of aryl methyl sites for hydroxylation is 2. The van der Waals surface area contributed by atoms with E-state index in [1.807, 2.05) is 59.3 Å². The number of benzene rings is 1. The topological polar surface area (TPSA) is 47.4 Å². The van der Waals surface area contributed by atoms with Crippen LogP contribution < -0.4 is 0 Å². The van der Waals surface area contributed by atoms with Crippen LogP contribution in [0.15, 0.2) is 35.8 Å². The number of hydrogen-bond donors (Lipinski definition) is 0. The van der Waals surface area contributed by atoms with Gasteiger partial charge in [-0.1, -0.05) is 18.2 Å². The molecule has 0 N–H and O–H groups in total. The molecule has 5 nitrogen and oxygen atoms in total. The zero-order valence-corrected chi connectivity index (χ0v) is 14.5. The van der Waals surface area contributed by atoms with Crippen molar-refractivity contribution in [2.75, 3.05) is 19.8 Å². The fraction of sp³-hybridized carbons (Fsp3) is 0.333. The Hall–Kier alpha value is -2.18. The average molecular weight is 341 g/mol. The summed E-state index contributed by atoms with van der Waals surface area (Å²) in [5.41, 5.74) is 2.73. The molecule has 1 aromatic carbocycles. The zero-order valence-electron chi connectivity index (χ0n) is 13.7. The van der Waals surface area contributed by atoms with Crippen LogP contribution in [0.2, 0.25) is 0 Å². The van der Waals surface area contributed by atoms with Crippen molar-refractivity contribution in [3.63, 3.8) is 0 Å². The Balaban J connectivity index is 1.73. The van der Waals surface area contributed by atoms with Gasteiger partial charge in [0.15, 0.2) is 0 Å². The van der Waals surface area contributed by atoms with Gasteiger partial charge in [0.2, 0.25) is 0 Å². The summed E-state index contributed by atoms with van der Waals surface area (Å²) < 4.78 is 7.63. The highest BCUT2D eigenvalue weighted by atomic mass is 32.1. The number of carbonyl (C=O) groups excluding carboxylic acids is 1. The third-order valence-electron chi connectivity index (χ3n) is 4.49. The first-order chi connectivity index (χ1) is 11.6. The minimum atomic E-state index is -0.116. The van der Waals surface area contributed by atoms with Gasteiger partial charge < -0.3 is 14.2 Å². The van der Waals surface area contributed by atoms with Crippen LogP contribution in [0.1, 0.15) is 27.1 Å². The highest BCUT2D eigenvalue weighted by Gasteiger charge is 2.32. The van der Waals surface area contributed by atoms with Crippen LogP contribution in [0.25, 0.3) is 10.9 Å². The lowest BCUT2D eigenvalue weighted by Crippen LogP contribution is -2.43. The quantitative estimate of drug-likeness (QED) is 0.719. The number of ether oxygens (including phenoxy) is 1. The Labute approximate surface area is 144 Å². The van der Waals surface area contributed by atoms with E-state index >= 15 is 0 Å². The van der Waals surface area contributed by atoms with Crippen molar-refractivity contribution in [2.24, 2.45) is 7.05 Å². The maximum absolute atomic E-state index is 13.3. The molecule has 1 saturated heterocycles. The van der Waals surface area contributed by atoms with Crippen LogP contribution in [-0.2, 0) is 11.8 Å². The summed E-state index contributed by atoms with van der Waals surface area (Å²) in [4.78, 5) is 19.7. The average Bonchev–Trinajstić information content (AvgIpc) is 3.19. The molecule has 3 heterocycles. The number of rotatable bonds is 2. The first-order valence-corrected chi connectivity index (χ1v) is 8.88. The molecule has 124 valence electrons. The third kappa shape index (κ3) is 2.52. The summed E-state index contributed by atoms with van der Waals surface area (Å²) in [6, 6.07) is 7.89. The van der Waals surface area contributed by atoms with E-state index in [0.29, 0.717) is 19.8 Å². The molecule has 3 aromatic rings. The van der Waals surface area contributed by atoms with Crippen LogP contribution in [0.5, 0.6) is 0 Å². The number of para-hydroxylation sites is 1. The van der Waals surface area contributed by atoms with Gasteiger partial charge in [0.1, 0.15) is 0 Å². The van der Waals surface area contributed by atoms with Gasteiger partial charge >= 0.3 is 0 Å². The molecule has 0 aliphatic carbocycles. The number of aromatic nitrogens is 2. The van der Waals surface area contributed by atoms with Crippen LogP contribution in [0.4, 0.5) is 0 Å². The van der Waals surface area contributed by atoms with Gasteiger partial charge in [-0.05, 0) is 13.0 Å². The molecule has 1 aliphatic rings. The highest BCUT2D eigenvalue weighted by Crippen LogP contribution is 2.29. The number of nitrogens with zero attached hydrogens (tertiary/aromatic N) is 3.